The Morgan fingerprint density at radius 2 is 1.55 bits per heavy atom. The highest BCUT2D eigenvalue weighted by Crippen LogP contribution is 2.19. The third-order valence-electron chi connectivity index (χ3n) is 6.05. The molecule has 2 rings (SSSR count). The zero-order valence-electron chi connectivity index (χ0n) is 22.6. The number of piperazine rings is 1. The molecule has 1 aromatic carbocycles. The van der Waals surface area contributed by atoms with Crippen LogP contribution in [0.25, 0.3) is 0 Å². The van der Waals surface area contributed by atoms with Crippen molar-refractivity contribution in [1.82, 2.24) is 19.4 Å². The van der Waals surface area contributed by atoms with Gasteiger partial charge in [0, 0.05) is 52.2 Å². The number of halogens is 3. The maximum Gasteiger partial charge on any atom is 0.490 e. The van der Waals surface area contributed by atoms with Crippen LogP contribution in [-0.2, 0) is 26.0 Å². The Morgan fingerprint density at radius 1 is 1.03 bits per heavy atom. The second-order valence-electron chi connectivity index (χ2n) is 9.36. The van der Waals surface area contributed by atoms with Crippen LogP contribution in [0.2, 0.25) is 0 Å². The van der Waals surface area contributed by atoms with Crippen LogP contribution in [0.5, 0.6) is 0 Å². The van der Waals surface area contributed by atoms with Crippen molar-refractivity contribution in [1.29, 1.82) is 0 Å². The van der Waals surface area contributed by atoms with E-state index in [1.807, 2.05) is 17.0 Å². The molecule has 13 heteroatoms. The molecule has 1 aliphatic heterocycles. The highest BCUT2D eigenvalue weighted by atomic mass is 32.2. The van der Waals surface area contributed by atoms with Crippen LogP contribution >= 0.6 is 0 Å². The predicted molar refractivity (Wildman–Crippen MR) is 139 cm³/mol. The Labute approximate surface area is 224 Å². The molecule has 0 spiro atoms. The molecule has 0 radical (unpaired) electrons. The summed E-state index contributed by atoms with van der Waals surface area (Å²) in [6.07, 6.45) is -3.95. The monoisotopic (exact) mass is 566 g/mol. The number of carboxylic acids is 1. The van der Waals surface area contributed by atoms with Crippen LogP contribution in [0.4, 0.5) is 13.2 Å². The normalized spacial score (nSPS) is 14.5. The van der Waals surface area contributed by atoms with E-state index in [0.717, 1.165) is 38.2 Å². The number of aliphatic carboxylic acids is 1. The number of nitrogens with one attached hydrogen (secondary N) is 1. The Balaban J connectivity index is 0.000000905. The molecule has 0 unspecified atom stereocenters. The summed E-state index contributed by atoms with van der Waals surface area (Å²) in [6, 6.07) is 7.22. The van der Waals surface area contributed by atoms with E-state index in [0.29, 0.717) is 37.0 Å². The highest BCUT2D eigenvalue weighted by molar-refractivity contribution is 7.89. The Bertz CT molecular complexity index is 962. The van der Waals surface area contributed by atoms with Gasteiger partial charge in [0.15, 0.2) is 0 Å². The van der Waals surface area contributed by atoms with Crippen molar-refractivity contribution in [3.8, 4) is 0 Å². The van der Waals surface area contributed by atoms with Crippen LogP contribution in [0.15, 0.2) is 29.2 Å². The Morgan fingerprint density at radius 3 is 2.00 bits per heavy atom. The van der Waals surface area contributed by atoms with Gasteiger partial charge in [-0.25, -0.2) is 13.2 Å². The molecule has 1 heterocycles. The topological polar surface area (TPSA) is 110 Å². The third kappa shape index (κ3) is 11.7. The summed E-state index contributed by atoms with van der Waals surface area (Å²) in [4.78, 5) is 25.9. The number of alkyl halides is 3. The van der Waals surface area contributed by atoms with Gasteiger partial charge in [0.1, 0.15) is 0 Å². The van der Waals surface area contributed by atoms with Gasteiger partial charge in [-0.05, 0) is 43.1 Å². The molecule has 1 fully saturated rings. The maximum absolute atomic E-state index is 13.4. The van der Waals surface area contributed by atoms with E-state index >= 15 is 0 Å². The number of nitrogens with zero attached hydrogens (tertiary/aromatic N) is 3. The van der Waals surface area contributed by atoms with E-state index in [-0.39, 0.29) is 18.9 Å². The van der Waals surface area contributed by atoms with E-state index in [1.54, 1.807) is 12.1 Å². The number of hydrogen-bond acceptors (Lipinski definition) is 6. The summed E-state index contributed by atoms with van der Waals surface area (Å²) in [5.41, 5.74) is 1.14. The zero-order valence-corrected chi connectivity index (χ0v) is 23.4. The number of carbonyl (C=O) groups excluding carboxylic acids is 1. The van der Waals surface area contributed by atoms with Crippen molar-refractivity contribution in [3.63, 3.8) is 0 Å². The predicted octanol–water partition coefficient (Wildman–Crippen LogP) is 2.67. The average molecular weight is 567 g/mol. The van der Waals surface area contributed by atoms with Crippen molar-refractivity contribution in [2.75, 3.05) is 58.9 Å². The first-order valence-electron chi connectivity index (χ1n) is 12.8. The first-order valence-corrected chi connectivity index (χ1v) is 14.3. The maximum atomic E-state index is 13.4. The molecule has 0 aromatic heterocycles. The van der Waals surface area contributed by atoms with Gasteiger partial charge >= 0.3 is 12.1 Å². The fourth-order valence-corrected chi connectivity index (χ4v) is 5.29. The van der Waals surface area contributed by atoms with Crippen molar-refractivity contribution in [2.45, 2.75) is 51.6 Å². The number of sulfonamides is 1. The SMILES string of the molecule is CCN(CC)CCN(CCC(=O)N1CCNCC1)S(=O)(=O)c1ccc(CC(C)C)cc1.O=C(O)C(F)(F)F. The molecule has 9 nitrogen and oxygen atoms in total. The average Bonchev–Trinajstić information content (AvgIpc) is 2.86. The smallest absolute Gasteiger partial charge is 0.475 e. The lowest BCUT2D eigenvalue weighted by molar-refractivity contribution is -0.192. The third-order valence-corrected chi connectivity index (χ3v) is 7.97. The number of benzene rings is 1. The standard InChI is InChI=1S/C23H40N4O3S.C2HF3O2/c1-5-25(6-2)17-18-27(14-11-23(28)26-15-12-24-13-16-26)31(29,30)22-9-7-21(8-10-22)19-20(3)4;3-2(4,5)1(6)7/h7-10,20,24H,5-6,11-19H2,1-4H3;(H,6,7). The zero-order chi connectivity index (χ0) is 28.9. The largest absolute Gasteiger partial charge is 0.490 e. The molecule has 38 heavy (non-hydrogen) atoms. The van der Waals surface area contributed by atoms with E-state index < -0.39 is 22.2 Å². The second kappa shape index (κ2) is 16.0. The summed E-state index contributed by atoms with van der Waals surface area (Å²) in [7, 11) is -3.66. The number of likely N-dealkylation sites (N-methyl/N-ethyl adjacent to an activating group) is 1. The van der Waals surface area contributed by atoms with Gasteiger partial charge in [0.05, 0.1) is 4.90 Å². The van der Waals surface area contributed by atoms with Crippen molar-refractivity contribution >= 4 is 21.9 Å². The van der Waals surface area contributed by atoms with Crippen molar-refractivity contribution in [2.24, 2.45) is 5.92 Å². The fraction of sp³-hybridized carbons (Fsp3) is 0.680. The molecule has 0 atom stereocenters. The molecule has 1 aromatic rings. The van der Waals surface area contributed by atoms with Crippen molar-refractivity contribution in [3.05, 3.63) is 29.8 Å². The van der Waals surface area contributed by atoms with Crippen LogP contribution in [-0.4, -0.2) is 105 Å². The minimum Gasteiger partial charge on any atom is -0.475 e. The number of amides is 1. The van der Waals surface area contributed by atoms with E-state index in [9.17, 15) is 26.4 Å². The first-order chi connectivity index (χ1) is 17.7. The minimum absolute atomic E-state index is 0.0248. The summed E-state index contributed by atoms with van der Waals surface area (Å²) >= 11 is 0. The lowest BCUT2D eigenvalue weighted by Crippen LogP contribution is -2.47. The number of hydrogen-bond donors (Lipinski definition) is 2. The lowest BCUT2D eigenvalue weighted by atomic mass is 10.0. The van der Waals surface area contributed by atoms with Crippen LogP contribution < -0.4 is 5.32 Å². The molecule has 0 saturated carbocycles. The molecule has 0 aliphatic carbocycles. The van der Waals surface area contributed by atoms with Gasteiger partial charge in [0.25, 0.3) is 0 Å². The Kier molecular flexibility index (Phi) is 14.2. The van der Waals surface area contributed by atoms with Gasteiger partial charge in [0.2, 0.25) is 15.9 Å². The van der Waals surface area contributed by atoms with Gasteiger partial charge in [-0.15, -0.1) is 0 Å². The van der Waals surface area contributed by atoms with E-state index in [4.69, 9.17) is 9.90 Å². The van der Waals surface area contributed by atoms with Crippen LogP contribution in [0.1, 0.15) is 39.7 Å². The molecule has 1 amide bonds. The molecule has 1 saturated heterocycles. The molecule has 0 bridgehead atoms. The highest BCUT2D eigenvalue weighted by Gasteiger charge is 2.38. The van der Waals surface area contributed by atoms with E-state index in [2.05, 4.69) is 37.9 Å². The van der Waals surface area contributed by atoms with Gasteiger partial charge < -0.3 is 20.2 Å². The summed E-state index contributed by atoms with van der Waals surface area (Å²) < 4.78 is 60.1. The molecule has 2 N–H and O–H groups in total. The minimum atomic E-state index is -5.08. The summed E-state index contributed by atoms with van der Waals surface area (Å²) in [5.74, 6) is -2.21. The van der Waals surface area contributed by atoms with Crippen LogP contribution in [0.3, 0.4) is 0 Å². The number of carbonyl (C=O) groups is 2. The Hall–Kier alpha value is -2.22. The van der Waals surface area contributed by atoms with Crippen LogP contribution in [0, 0.1) is 5.92 Å². The fourth-order valence-electron chi connectivity index (χ4n) is 3.86. The van der Waals surface area contributed by atoms with Gasteiger partial charge in [-0.3, -0.25) is 4.79 Å². The molecule has 218 valence electrons. The van der Waals surface area contributed by atoms with Crippen molar-refractivity contribution < 1.29 is 36.3 Å². The summed E-state index contributed by atoms with van der Waals surface area (Å²) in [6.45, 7) is 14.4. The molecular weight excluding hydrogens is 525 g/mol. The number of carboxylic acid groups (broad SMARTS) is 1. The molecular formula is C25H41F3N4O5S. The van der Waals surface area contributed by atoms with Gasteiger partial charge in [-0.2, -0.15) is 17.5 Å². The summed E-state index contributed by atoms with van der Waals surface area (Å²) in [5, 5.41) is 10.4. The second-order valence-corrected chi connectivity index (χ2v) is 11.3. The van der Waals surface area contributed by atoms with Gasteiger partial charge in [-0.1, -0.05) is 39.8 Å². The first kappa shape index (κ1) is 33.8. The number of rotatable bonds is 12. The van der Waals surface area contributed by atoms with E-state index in [1.165, 1.54) is 4.31 Å². The molecule has 1 aliphatic rings. The quantitative estimate of drug-likeness (QED) is 0.400. The lowest BCUT2D eigenvalue weighted by Gasteiger charge is -2.29.